The fourth-order valence-electron chi connectivity index (χ4n) is 3.35. The summed E-state index contributed by atoms with van der Waals surface area (Å²) in [6, 6.07) is 11.4. The highest BCUT2D eigenvalue weighted by atomic mass is 79.9. The molecule has 0 aromatic heterocycles. The number of hydrogen-bond acceptors (Lipinski definition) is 4. The molecule has 0 aliphatic heterocycles. The smallest absolute Gasteiger partial charge is 0.244 e. The van der Waals surface area contributed by atoms with Gasteiger partial charge in [0, 0.05) is 17.6 Å². The Kier molecular flexibility index (Phi) is 10.1. The van der Waals surface area contributed by atoms with Gasteiger partial charge in [0.2, 0.25) is 21.8 Å². The van der Waals surface area contributed by atoms with E-state index in [2.05, 4.69) is 21.2 Å². The lowest BCUT2D eigenvalue weighted by molar-refractivity contribution is -0.140. The minimum absolute atomic E-state index is 0.0324. The van der Waals surface area contributed by atoms with Crippen LogP contribution in [0.5, 0.6) is 0 Å². The van der Waals surface area contributed by atoms with Gasteiger partial charge in [-0.2, -0.15) is 0 Å². The largest absolute Gasteiger partial charge is 0.354 e. The van der Waals surface area contributed by atoms with Crippen molar-refractivity contribution < 1.29 is 22.4 Å². The summed E-state index contributed by atoms with van der Waals surface area (Å²) in [6.07, 6.45) is 1.35. The zero-order valence-corrected chi connectivity index (χ0v) is 22.2. The molecule has 2 aromatic carbocycles. The lowest BCUT2D eigenvalue weighted by atomic mass is 10.1. The van der Waals surface area contributed by atoms with Gasteiger partial charge in [0.25, 0.3) is 0 Å². The molecule has 186 valence electrons. The van der Waals surface area contributed by atoms with E-state index in [0.717, 1.165) is 15.0 Å². The van der Waals surface area contributed by atoms with Crippen LogP contribution in [0, 0.1) is 11.7 Å². The number of halogens is 2. The minimum atomic E-state index is -3.79. The van der Waals surface area contributed by atoms with Crippen molar-refractivity contribution in [3.05, 3.63) is 64.4 Å². The summed E-state index contributed by atoms with van der Waals surface area (Å²) in [7, 11) is -3.79. The van der Waals surface area contributed by atoms with Crippen molar-refractivity contribution in [3.63, 3.8) is 0 Å². The van der Waals surface area contributed by atoms with Crippen molar-refractivity contribution in [2.75, 3.05) is 23.7 Å². The van der Waals surface area contributed by atoms with Gasteiger partial charge in [-0.15, -0.1) is 0 Å². The van der Waals surface area contributed by atoms with Crippen LogP contribution in [0.1, 0.15) is 32.8 Å². The van der Waals surface area contributed by atoms with Gasteiger partial charge in [-0.05, 0) is 54.3 Å². The van der Waals surface area contributed by atoms with Gasteiger partial charge in [0.1, 0.15) is 18.4 Å². The lowest BCUT2D eigenvalue weighted by Crippen LogP contribution is -2.52. The third-order valence-corrected chi connectivity index (χ3v) is 6.80. The molecule has 0 fully saturated rings. The van der Waals surface area contributed by atoms with E-state index in [1.54, 1.807) is 31.2 Å². The van der Waals surface area contributed by atoms with Crippen LogP contribution >= 0.6 is 15.9 Å². The Morgan fingerprint density at radius 1 is 1.06 bits per heavy atom. The average Bonchev–Trinajstić information content (AvgIpc) is 2.77. The minimum Gasteiger partial charge on any atom is -0.354 e. The van der Waals surface area contributed by atoms with E-state index >= 15 is 0 Å². The molecule has 0 aliphatic carbocycles. The third kappa shape index (κ3) is 8.09. The summed E-state index contributed by atoms with van der Waals surface area (Å²) in [4.78, 5) is 27.8. The first-order chi connectivity index (χ1) is 15.9. The normalized spacial score (nSPS) is 12.3. The van der Waals surface area contributed by atoms with E-state index in [4.69, 9.17) is 0 Å². The highest BCUT2D eigenvalue weighted by Gasteiger charge is 2.31. The molecule has 0 bridgehead atoms. The molecule has 0 radical (unpaired) electrons. The van der Waals surface area contributed by atoms with Crippen LogP contribution in [0.25, 0.3) is 0 Å². The second-order valence-electron chi connectivity index (χ2n) is 8.46. The molecule has 1 N–H and O–H groups in total. The SMILES string of the molecule is CC[C@@H](C(=O)NCC(C)C)N(Cc1ccc(F)cc1)C(=O)CN(c1ccc(Br)cc1)S(C)(=O)=O. The van der Waals surface area contributed by atoms with Gasteiger partial charge in [-0.1, -0.05) is 48.8 Å². The van der Waals surface area contributed by atoms with Gasteiger partial charge in [-0.25, -0.2) is 12.8 Å². The van der Waals surface area contributed by atoms with Crippen molar-refractivity contribution >= 4 is 43.5 Å². The molecule has 34 heavy (non-hydrogen) atoms. The first kappa shape index (κ1) is 27.8. The van der Waals surface area contributed by atoms with Crippen LogP contribution in [0.4, 0.5) is 10.1 Å². The lowest BCUT2D eigenvalue weighted by Gasteiger charge is -2.33. The molecule has 1 atom stereocenters. The summed E-state index contributed by atoms with van der Waals surface area (Å²) in [5.41, 5.74) is 0.956. The maximum absolute atomic E-state index is 13.5. The molecule has 0 aliphatic rings. The number of anilines is 1. The fourth-order valence-corrected chi connectivity index (χ4v) is 4.46. The molecule has 0 saturated carbocycles. The Balaban J connectivity index is 2.39. The van der Waals surface area contributed by atoms with Crippen LogP contribution in [0.3, 0.4) is 0 Å². The van der Waals surface area contributed by atoms with Crippen LogP contribution < -0.4 is 9.62 Å². The van der Waals surface area contributed by atoms with E-state index in [0.29, 0.717) is 24.2 Å². The number of nitrogens with zero attached hydrogens (tertiary/aromatic N) is 2. The first-order valence-electron chi connectivity index (χ1n) is 11.0. The number of carbonyl (C=O) groups is 2. The van der Waals surface area contributed by atoms with Crippen LogP contribution in [-0.4, -0.2) is 50.5 Å². The summed E-state index contributed by atoms with van der Waals surface area (Å²) in [5.74, 6) is -1.05. The monoisotopic (exact) mass is 555 g/mol. The number of carbonyl (C=O) groups excluding carboxylic acids is 2. The number of benzene rings is 2. The van der Waals surface area contributed by atoms with Crippen molar-refractivity contribution in [1.82, 2.24) is 10.2 Å². The molecule has 0 spiro atoms. The van der Waals surface area contributed by atoms with Crippen molar-refractivity contribution in [3.8, 4) is 0 Å². The standard InChI is InChI=1S/C24H31BrFN3O4S/c1-5-22(24(31)27-14-17(2)3)28(15-18-6-10-20(26)11-7-18)23(30)16-29(34(4,32)33)21-12-8-19(25)9-13-21/h6-13,17,22H,5,14-16H2,1-4H3,(H,27,31)/t22-/m0/s1. The molecule has 0 heterocycles. The zero-order valence-electron chi connectivity index (χ0n) is 19.8. The molecule has 2 amide bonds. The van der Waals surface area contributed by atoms with Crippen LogP contribution in [-0.2, 0) is 26.2 Å². The molecule has 0 saturated heterocycles. The Bertz CT molecular complexity index is 1080. The topological polar surface area (TPSA) is 86.8 Å². The molecule has 2 aromatic rings. The molecule has 10 heteroatoms. The van der Waals surface area contributed by atoms with Crippen molar-refractivity contribution in [1.29, 1.82) is 0 Å². The van der Waals surface area contributed by atoms with E-state index in [-0.39, 0.29) is 18.4 Å². The predicted octanol–water partition coefficient (Wildman–Crippen LogP) is 3.93. The van der Waals surface area contributed by atoms with E-state index in [9.17, 15) is 22.4 Å². The number of amides is 2. The van der Waals surface area contributed by atoms with Gasteiger partial charge in [0.05, 0.1) is 11.9 Å². The maximum atomic E-state index is 13.5. The highest BCUT2D eigenvalue weighted by molar-refractivity contribution is 9.10. The number of sulfonamides is 1. The summed E-state index contributed by atoms with van der Waals surface area (Å²) in [5, 5.41) is 2.85. The molecule has 7 nitrogen and oxygen atoms in total. The Labute approximate surface area is 209 Å². The Morgan fingerprint density at radius 2 is 1.65 bits per heavy atom. The zero-order chi connectivity index (χ0) is 25.5. The fraction of sp³-hybridized carbons (Fsp3) is 0.417. The second kappa shape index (κ2) is 12.3. The van der Waals surface area contributed by atoms with E-state index < -0.39 is 34.3 Å². The summed E-state index contributed by atoms with van der Waals surface area (Å²) >= 11 is 3.32. The van der Waals surface area contributed by atoms with E-state index in [1.807, 2.05) is 13.8 Å². The molecular weight excluding hydrogens is 525 g/mol. The molecule has 0 unspecified atom stereocenters. The predicted molar refractivity (Wildman–Crippen MR) is 135 cm³/mol. The van der Waals surface area contributed by atoms with Crippen molar-refractivity contribution in [2.24, 2.45) is 5.92 Å². The quantitative estimate of drug-likeness (QED) is 0.455. The summed E-state index contributed by atoms with van der Waals surface area (Å²) < 4.78 is 40.3. The van der Waals surface area contributed by atoms with Gasteiger partial charge >= 0.3 is 0 Å². The molecular formula is C24H31BrFN3O4S. The highest BCUT2D eigenvalue weighted by Crippen LogP contribution is 2.22. The van der Waals surface area contributed by atoms with Crippen LogP contribution in [0.2, 0.25) is 0 Å². The van der Waals surface area contributed by atoms with Crippen LogP contribution in [0.15, 0.2) is 53.0 Å². The van der Waals surface area contributed by atoms with E-state index in [1.165, 1.54) is 29.2 Å². The molecule has 2 rings (SSSR count). The number of hydrogen-bond donors (Lipinski definition) is 1. The second-order valence-corrected chi connectivity index (χ2v) is 11.3. The average molecular weight is 556 g/mol. The number of rotatable bonds is 11. The first-order valence-corrected chi connectivity index (χ1v) is 13.6. The third-order valence-electron chi connectivity index (χ3n) is 5.13. The van der Waals surface area contributed by atoms with Gasteiger partial charge < -0.3 is 10.2 Å². The maximum Gasteiger partial charge on any atom is 0.244 e. The van der Waals surface area contributed by atoms with Gasteiger partial charge in [0.15, 0.2) is 0 Å². The summed E-state index contributed by atoms with van der Waals surface area (Å²) in [6.45, 7) is 5.71. The Morgan fingerprint density at radius 3 is 2.15 bits per heavy atom. The van der Waals surface area contributed by atoms with Crippen molar-refractivity contribution in [2.45, 2.75) is 39.8 Å². The Hall–Kier alpha value is -2.46. The number of nitrogens with one attached hydrogen (secondary N) is 1. The van der Waals surface area contributed by atoms with Gasteiger partial charge in [-0.3, -0.25) is 13.9 Å².